The van der Waals surface area contributed by atoms with Crippen molar-refractivity contribution in [3.8, 4) is 0 Å². The fourth-order valence-corrected chi connectivity index (χ4v) is 1.53. The zero-order valence-electron chi connectivity index (χ0n) is 7.11. The van der Waals surface area contributed by atoms with Crippen LogP contribution in [0.25, 0.3) is 0 Å². The number of piperidine rings is 1. The molecule has 1 saturated heterocycles. The Morgan fingerprint density at radius 3 is 2.67 bits per heavy atom. The molecular weight excluding hydrogens is 148 g/mol. The molecule has 0 aromatic carbocycles. The lowest BCUT2D eigenvalue weighted by Gasteiger charge is -2.27. The van der Waals surface area contributed by atoms with Gasteiger partial charge in [0.25, 0.3) is 0 Å². The molecule has 2 nitrogen and oxygen atoms in total. The van der Waals surface area contributed by atoms with Gasteiger partial charge in [-0.1, -0.05) is 0 Å². The molecule has 2 heterocycles. The minimum Gasteiger partial charge on any atom is -0.366 e. The molecule has 1 aliphatic heterocycles. The summed E-state index contributed by atoms with van der Waals surface area (Å²) < 4.78 is 0. The molecule has 0 saturated carbocycles. The van der Waals surface area contributed by atoms with Crippen molar-refractivity contribution in [1.82, 2.24) is 4.98 Å². The van der Waals surface area contributed by atoms with Crippen LogP contribution in [0.15, 0.2) is 24.5 Å². The maximum absolute atomic E-state index is 4.00. The normalized spacial score (nSPS) is 17.8. The molecule has 1 aliphatic rings. The van der Waals surface area contributed by atoms with Crippen molar-refractivity contribution in [1.29, 1.82) is 0 Å². The third-order valence-corrected chi connectivity index (χ3v) is 2.20. The molecule has 1 fully saturated rings. The molecule has 0 aliphatic carbocycles. The van der Waals surface area contributed by atoms with Crippen LogP contribution in [0.2, 0.25) is 0 Å². The van der Waals surface area contributed by atoms with Crippen LogP contribution in [-0.2, 0) is 0 Å². The van der Waals surface area contributed by atoms with Crippen molar-refractivity contribution < 1.29 is 0 Å². The lowest BCUT2D eigenvalue weighted by Crippen LogP contribution is -2.24. The van der Waals surface area contributed by atoms with Crippen LogP contribution in [0, 0.1) is 6.54 Å². The molecule has 2 rings (SSSR count). The van der Waals surface area contributed by atoms with E-state index in [1.807, 2.05) is 12.4 Å². The number of pyridine rings is 1. The largest absolute Gasteiger partial charge is 0.366 e. The minimum absolute atomic E-state index is 1.16. The van der Waals surface area contributed by atoms with Crippen molar-refractivity contribution in [3.63, 3.8) is 0 Å². The quantitative estimate of drug-likeness (QED) is 0.628. The Morgan fingerprint density at radius 2 is 2.00 bits per heavy atom. The van der Waals surface area contributed by atoms with Crippen LogP contribution in [0.1, 0.15) is 19.3 Å². The van der Waals surface area contributed by atoms with Gasteiger partial charge in [0.2, 0.25) is 0 Å². The molecule has 0 amide bonds. The molecule has 63 valence electrons. The summed E-state index contributed by atoms with van der Waals surface area (Å²) in [6.07, 6.45) is 7.54. The molecule has 0 N–H and O–H groups in total. The van der Waals surface area contributed by atoms with E-state index in [1.165, 1.54) is 24.9 Å². The van der Waals surface area contributed by atoms with E-state index in [2.05, 4.69) is 28.6 Å². The van der Waals surface area contributed by atoms with Crippen molar-refractivity contribution in [2.24, 2.45) is 0 Å². The van der Waals surface area contributed by atoms with Crippen LogP contribution in [-0.4, -0.2) is 11.5 Å². The summed E-state index contributed by atoms with van der Waals surface area (Å²) in [6, 6.07) is 4.11. The Kier molecular flexibility index (Phi) is 2.26. The third kappa shape index (κ3) is 1.58. The molecule has 0 bridgehead atoms. The molecule has 2 heteroatoms. The first kappa shape index (κ1) is 7.59. The van der Waals surface area contributed by atoms with Gasteiger partial charge >= 0.3 is 0 Å². The van der Waals surface area contributed by atoms with Crippen LogP contribution in [0.4, 0.5) is 5.69 Å². The van der Waals surface area contributed by atoms with Crippen LogP contribution < -0.4 is 4.90 Å². The van der Waals surface area contributed by atoms with Crippen molar-refractivity contribution in [2.45, 2.75) is 19.3 Å². The molecular formula is C10H13N2. The zero-order valence-corrected chi connectivity index (χ0v) is 7.11. The average molecular weight is 161 g/mol. The maximum Gasteiger partial charge on any atom is 0.0493 e. The molecule has 1 radical (unpaired) electrons. The van der Waals surface area contributed by atoms with Gasteiger partial charge in [0.05, 0.1) is 0 Å². The first-order valence-corrected chi connectivity index (χ1v) is 4.47. The summed E-state index contributed by atoms with van der Waals surface area (Å²) in [5.41, 5.74) is 1.27. The molecule has 0 spiro atoms. The summed E-state index contributed by atoms with van der Waals surface area (Å²) in [7, 11) is 0. The van der Waals surface area contributed by atoms with E-state index in [1.54, 1.807) is 0 Å². The highest BCUT2D eigenvalue weighted by Gasteiger charge is 2.09. The first-order chi connectivity index (χ1) is 5.97. The topological polar surface area (TPSA) is 16.1 Å². The van der Waals surface area contributed by atoms with Gasteiger partial charge in [-0.3, -0.25) is 4.98 Å². The summed E-state index contributed by atoms with van der Waals surface area (Å²) in [6.45, 7) is 3.43. The summed E-state index contributed by atoms with van der Waals surface area (Å²) >= 11 is 0. The van der Waals surface area contributed by atoms with E-state index >= 15 is 0 Å². The fraction of sp³-hybridized carbons (Fsp3) is 0.400. The molecule has 0 unspecified atom stereocenters. The SMILES string of the molecule is [CH]1CCCCN1c1ccncc1. The van der Waals surface area contributed by atoms with E-state index in [0.717, 1.165) is 6.54 Å². The van der Waals surface area contributed by atoms with E-state index < -0.39 is 0 Å². The van der Waals surface area contributed by atoms with Crippen LogP contribution in [0.3, 0.4) is 0 Å². The Morgan fingerprint density at radius 1 is 1.17 bits per heavy atom. The van der Waals surface area contributed by atoms with Gasteiger partial charge in [0, 0.05) is 31.2 Å². The maximum atomic E-state index is 4.00. The average Bonchev–Trinajstić information content (AvgIpc) is 2.21. The molecule has 0 atom stereocenters. The van der Waals surface area contributed by atoms with Gasteiger partial charge in [-0.05, 0) is 31.4 Å². The van der Waals surface area contributed by atoms with Gasteiger partial charge in [0.1, 0.15) is 0 Å². The van der Waals surface area contributed by atoms with Gasteiger partial charge in [-0.2, -0.15) is 0 Å². The number of hydrogen-bond donors (Lipinski definition) is 0. The van der Waals surface area contributed by atoms with Gasteiger partial charge in [0.15, 0.2) is 0 Å². The highest BCUT2D eigenvalue weighted by molar-refractivity contribution is 5.46. The summed E-state index contributed by atoms with van der Waals surface area (Å²) in [5, 5.41) is 0. The van der Waals surface area contributed by atoms with E-state index in [9.17, 15) is 0 Å². The second kappa shape index (κ2) is 3.57. The van der Waals surface area contributed by atoms with Gasteiger partial charge in [-0.25, -0.2) is 0 Å². The second-order valence-electron chi connectivity index (χ2n) is 3.08. The first-order valence-electron chi connectivity index (χ1n) is 4.47. The number of rotatable bonds is 1. The highest BCUT2D eigenvalue weighted by Crippen LogP contribution is 2.20. The molecule has 12 heavy (non-hydrogen) atoms. The van der Waals surface area contributed by atoms with Crippen molar-refractivity contribution in [2.75, 3.05) is 11.4 Å². The van der Waals surface area contributed by atoms with Crippen LogP contribution in [0.5, 0.6) is 0 Å². The smallest absolute Gasteiger partial charge is 0.0493 e. The third-order valence-electron chi connectivity index (χ3n) is 2.20. The number of aromatic nitrogens is 1. The second-order valence-corrected chi connectivity index (χ2v) is 3.08. The van der Waals surface area contributed by atoms with Crippen LogP contribution >= 0.6 is 0 Å². The monoisotopic (exact) mass is 161 g/mol. The predicted octanol–water partition coefficient (Wildman–Crippen LogP) is 2.23. The fourth-order valence-electron chi connectivity index (χ4n) is 1.53. The Labute approximate surface area is 73.2 Å². The Balaban J connectivity index is 2.08. The molecule has 1 aromatic rings. The van der Waals surface area contributed by atoms with Crippen molar-refractivity contribution in [3.05, 3.63) is 31.1 Å². The van der Waals surface area contributed by atoms with E-state index in [-0.39, 0.29) is 0 Å². The number of hydrogen-bond acceptors (Lipinski definition) is 2. The number of nitrogens with zero attached hydrogens (tertiary/aromatic N) is 2. The highest BCUT2D eigenvalue weighted by atomic mass is 15.1. The lowest BCUT2D eigenvalue weighted by molar-refractivity contribution is 0.633. The van der Waals surface area contributed by atoms with Gasteiger partial charge in [-0.15, -0.1) is 0 Å². The zero-order chi connectivity index (χ0) is 8.23. The van der Waals surface area contributed by atoms with Gasteiger partial charge < -0.3 is 4.90 Å². The Hall–Kier alpha value is -1.05. The predicted molar refractivity (Wildman–Crippen MR) is 49.7 cm³/mol. The summed E-state index contributed by atoms with van der Waals surface area (Å²) in [4.78, 5) is 6.31. The minimum atomic E-state index is 1.16. The number of anilines is 1. The lowest BCUT2D eigenvalue weighted by atomic mass is 10.1. The standard InChI is InChI=1S/C10H13N2/c1-2-8-12(9-3-1)10-4-6-11-7-5-10/h4-8H,1-3,9H2. The molecule has 1 aromatic heterocycles. The van der Waals surface area contributed by atoms with E-state index in [0.29, 0.717) is 0 Å². The Bertz CT molecular complexity index is 227. The van der Waals surface area contributed by atoms with Crippen molar-refractivity contribution >= 4 is 5.69 Å². The van der Waals surface area contributed by atoms with E-state index in [4.69, 9.17) is 0 Å². The summed E-state index contributed by atoms with van der Waals surface area (Å²) in [5.74, 6) is 0.